The average molecular weight is 500 g/mol. The van der Waals surface area contributed by atoms with Gasteiger partial charge < -0.3 is 9.26 Å². The van der Waals surface area contributed by atoms with E-state index in [9.17, 15) is 22.4 Å². The van der Waals surface area contributed by atoms with Crippen LogP contribution in [0.3, 0.4) is 0 Å². The average Bonchev–Trinajstić information content (AvgIpc) is 3.39. The monoisotopic (exact) mass is 499 g/mol. The van der Waals surface area contributed by atoms with E-state index in [1.54, 1.807) is 0 Å². The van der Waals surface area contributed by atoms with Gasteiger partial charge in [-0.2, -0.15) is 18.3 Å². The second-order valence-electron chi connectivity index (χ2n) is 6.65. The summed E-state index contributed by atoms with van der Waals surface area (Å²) in [6, 6.07) is 8.72. The van der Waals surface area contributed by atoms with E-state index in [4.69, 9.17) is 32.5 Å². The molecule has 0 bridgehead atoms. The Kier molecular flexibility index (Phi) is 5.89. The van der Waals surface area contributed by atoms with Gasteiger partial charge in [0.15, 0.2) is 11.5 Å². The van der Waals surface area contributed by atoms with Crippen LogP contribution in [0.5, 0.6) is 0 Å². The molecular weight excluding hydrogens is 489 g/mol. The number of benzene rings is 2. The fourth-order valence-electron chi connectivity index (χ4n) is 3.22. The Morgan fingerprint density at radius 3 is 2.55 bits per heavy atom. The molecule has 6 nitrogen and oxygen atoms in total. The summed E-state index contributed by atoms with van der Waals surface area (Å²) >= 11 is 12.2. The Morgan fingerprint density at radius 2 is 1.88 bits per heavy atom. The minimum absolute atomic E-state index is 0.121. The van der Waals surface area contributed by atoms with Gasteiger partial charge in [0.25, 0.3) is 0 Å². The number of aromatic nitrogens is 3. The lowest BCUT2D eigenvalue weighted by Gasteiger charge is -2.12. The maximum Gasteiger partial charge on any atom is 0.434 e. The van der Waals surface area contributed by atoms with Crippen LogP contribution >= 0.6 is 23.2 Å². The van der Waals surface area contributed by atoms with Crippen molar-refractivity contribution >= 4 is 29.2 Å². The number of alkyl halides is 3. The fraction of sp³-hybridized carbons (Fsp3) is 0.0952. The highest BCUT2D eigenvalue weighted by atomic mass is 35.5. The molecule has 0 saturated heterocycles. The van der Waals surface area contributed by atoms with E-state index in [1.807, 2.05) is 0 Å². The summed E-state index contributed by atoms with van der Waals surface area (Å²) in [5.41, 5.74) is -2.54. The van der Waals surface area contributed by atoms with Crippen LogP contribution in [0.2, 0.25) is 10.0 Å². The van der Waals surface area contributed by atoms with Gasteiger partial charge in [0.05, 0.1) is 29.6 Å². The lowest BCUT2D eigenvalue weighted by molar-refractivity contribution is -0.142. The minimum Gasteiger partial charge on any atom is -0.465 e. The SMILES string of the molecule is COC(=O)c1c(-c2cc(Cl)ccc2Cl)noc1-c1cnn(-c2cccc(F)c2)c1C(F)(F)F. The first-order chi connectivity index (χ1) is 15.6. The molecule has 0 fully saturated rings. The standard InChI is InChI=1S/C21H11Cl2F4N3O3/c1-32-20(31)16-17(13-7-10(22)5-6-15(13)23)29-33-18(16)14-9-28-30(19(14)21(25,26)27)12-4-2-3-11(24)8-12/h2-9H,1H3. The van der Waals surface area contributed by atoms with Crippen molar-refractivity contribution in [3.63, 3.8) is 0 Å². The van der Waals surface area contributed by atoms with Crippen LogP contribution in [0.25, 0.3) is 28.3 Å². The number of hydrogen-bond acceptors (Lipinski definition) is 5. The van der Waals surface area contributed by atoms with Gasteiger partial charge in [0.2, 0.25) is 0 Å². The summed E-state index contributed by atoms with van der Waals surface area (Å²) in [4.78, 5) is 12.6. The Balaban J connectivity index is 2.00. The summed E-state index contributed by atoms with van der Waals surface area (Å²) in [6.45, 7) is 0. The van der Waals surface area contributed by atoms with E-state index in [0.717, 1.165) is 25.4 Å². The molecule has 0 radical (unpaired) electrons. The molecule has 0 N–H and O–H groups in total. The molecule has 2 heterocycles. The molecule has 0 amide bonds. The van der Waals surface area contributed by atoms with Crippen molar-refractivity contribution in [3.05, 3.63) is 75.8 Å². The van der Waals surface area contributed by atoms with Gasteiger partial charge in [-0.25, -0.2) is 13.9 Å². The predicted octanol–water partition coefficient (Wildman–Crippen LogP) is 6.45. The highest BCUT2D eigenvalue weighted by Gasteiger charge is 2.42. The molecule has 0 spiro atoms. The Labute approximate surface area is 193 Å². The highest BCUT2D eigenvalue weighted by Crippen LogP contribution is 2.43. The molecule has 33 heavy (non-hydrogen) atoms. The number of hydrogen-bond donors (Lipinski definition) is 0. The molecule has 0 saturated carbocycles. The first-order valence-electron chi connectivity index (χ1n) is 9.06. The molecule has 4 rings (SSSR count). The van der Waals surface area contributed by atoms with E-state index < -0.39 is 40.5 Å². The van der Waals surface area contributed by atoms with Crippen molar-refractivity contribution in [3.8, 4) is 28.3 Å². The van der Waals surface area contributed by atoms with Crippen LogP contribution in [0.1, 0.15) is 16.1 Å². The van der Waals surface area contributed by atoms with Crippen LogP contribution in [-0.4, -0.2) is 28.0 Å². The van der Waals surface area contributed by atoms with Crippen LogP contribution in [0.4, 0.5) is 17.6 Å². The van der Waals surface area contributed by atoms with Gasteiger partial charge in [0.1, 0.15) is 17.1 Å². The second-order valence-corrected chi connectivity index (χ2v) is 7.49. The van der Waals surface area contributed by atoms with Crippen molar-refractivity contribution in [2.75, 3.05) is 7.11 Å². The summed E-state index contributed by atoms with van der Waals surface area (Å²) in [7, 11) is 1.04. The van der Waals surface area contributed by atoms with Crippen LogP contribution in [0, 0.1) is 5.82 Å². The normalized spacial score (nSPS) is 11.6. The topological polar surface area (TPSA) is 70.2 Å². The fourth-order valence-corrected chi connectivity index (χ4v) is 3.60. The van der Waals surface area contributed by atoms with Gasteiger partial charge in [-0.15, -0.1) is 0 Å². The molecule has 4 aromatic rings. The summed E-state index contributed by atoms with van der Waals surface area (Å²) in [5.74, 6) is -2.34. The third kappa shape index (κ3) is 4.19. The second kappa shape index (κ2) is 8.53. The zero-order valence-corrected chi connectivity index (χ0v) is 18.0. The molecule has 0 aliphatic rings. The first kappa shape index (κ1) is 22.8. The Bertz CT molecular complexity index is 1370. The van der Waals surface area contributed by atoms with Gasteiger partial charge in [0, 0.05) is 10.6 Å². The minimum atomic E-state index is -4.97. The number of halogens is 6. The van der Waals surface area contributed by atoms with Crippen LogP contribution in [0.15, 0.2) is 53.2 Å². The lowest BCUT2D eigenvalue weighted by atomic mass is 10.0. The number of nitrogens with zero attached hydrogens (tertiary/aromatic N) is 3. The zero-order valence-electron chi connectivity index (χ0n) is 16.5. The van der Waals surface area contributed by atoms with Crippen molar-refractivity contribution < 1.29 is 31.6 Å². The van der Waals surface area contributed by atoms with E-state index in [0.29, 0.717) is 4.68 Å². The lowest BCUT2D eigenvalue weighted by Crippen LogP contribution is -2.15. The Hall–Kier alpha value is -3.37. The van der Waals surface area contributed by atoms with Gasteiger partial charge in [-0.05, 0) is 36.4 Å². The number of rotatable bonds is 4. The molecule has 2 aromatic heterocycles. The van der Waals surface area contributed by atoms with Crippen molar-refractivity contribution in [2.45, 2.75) is 6.18 Å². The highest BCUT2D eigenvalue weighted by molar-refractivity contribution is 6.35. The van der Waals surface area contributed by atoms with E-state index in [2.05, 4.69) is 10.3 Å². The smallest absolute Gasteiger partial charge is 0.434 e. The largest absolute Gasteiger partial charge is 0.465 e. The number of carbonyl (C=O) groups excluding carboxylic acids is 1. The Morgan fingerprint density at radius 1 is 1.12 bits per heavy atom. The molecule has 0 unspecified atom stereocenters. The predicted molar refractivity (Wildman–Crippen MR) is 111 cm³/mol. The molecule has 0 atom stereocenters. The van der Waals surface area contributed by atoms with E-state index >= 15 is 0 Å². The van der Waals surface area contributed by atoms with E-state index in [1.165, 1.54) is 30.3 Å². The summed E-state index contributed by atoms with van der Waals surface area (Å²) in [5, 5.41) is 7.88. The maximum atomic E-state index is 14.1. The van der Waals surface area contributed by atoms with E-state index in [-0.39, 0.29) is 27.0 Å². The molecule has 0 aliphatic heterocycles. The molecule has 0 aliphatic carbocycles. The summed E-state index contributed by atoms with van der Waals surface area (Å²) in [6.07, 6.45) is -4.13. The quantitative estimate of drug-likeness (QED) is 0.238. The molecule has 12 heteroatoms. The molecule has 2 aromatic carbocycles. The van der Waals surface area contributed by atoms with Crippen molar-refractivity contribution in [1.29, 1.82) is 0 Å². The summed E-state index contributed by atoms with van der Waals surface area (Å²) < 4.78 is 66.4. The number of carbonyl (C=O) groups is 1. The van der Waals surface area contributed by atoms with Crippen molar-refractivity contribution in [1.82, 2.24) is 14.9 Å². The van der Waals surface area contributed by atoms with Crippen LogP contribution in [-0.2, 0) is 10.9 Å². The van der Waals surface area contributed by atoms with Gasteiger partial charge in [-0.3, -0.25) is 0 Å². The van der Waals surface area contributed by atoms with Crippen molar-refractivity contribution in [2.24, 2.45) is 0 Å². The van der Waals surface area contributed by atoms with Gasteiger partial charge in [-0.1, -0.05) is 34.4 Å². The van der Waals surface area contributed by atoms with Gasteiger partial charge >= 0.3 is 12.1 Å². The third-order valence-corrected chi connectivity index (χ3v) is 5.16. The number of ether oxygens (including phenoxy) is 1. The third-order valence-electron chi connectivity index (χ3n) is 4.60. The maximum absolute atomic E-state index is 14.1. The first-order valence-corrected chi connectivity index (χ1v) is 9.82. The number of esters is 1. The molecule has 170 valence electrons. The van der Waals surface area contributed by atoms with Crippen LogP contribution < -0.4 is 0 Å². The zero-order chi connectivity index (χ0) is 23.9. The number of methoxy groups -OCH3 is 1. The molecular formula is C21H11Cl2F4N3O3.